The zero-order valence-electron chi connectivity index (χ0n) is 14.7. The fourth-order valence-electron chi connectivity index (χ4n) is 3.51. The Morgan fingerprint density at radius 3 is 3.04 bits per heavy atom. The van der Waals surface area contributed by atoms with Gasteiger partial charge in [0.05, 0.1) is 25.6 Å². The fourth-order valence-corrected chi connectivity index (χ4v) is 3.51. The molecule has 4 aromatic heterocycles. The maximum Gasteiger partial charge on any atom is 0.165 e. The van der Waals surface area contributed by atoms with Crippen molar-refractivity contribution in [1.29, 1.82) is 0 Å². The molecule has 0 spiro atoms. The normalized spacial score (nSPS) is 18.1. The van der Waals surface area contributed by atoms with E-state index >= 15 is 0 Å². The van der Waals surface area contributed by atoms with Crippen LogP contribution in [0.1, 0.15) is 6.92 Å². The SMILES string of the molecule is C[C@@H]1COCCN1c1nc(-c2ccnc3[nH]ccc23)nc2c1ncn2C. The largest absolute Gasteiger partial charge is 0.377 e. The van der Waals surface area contributed by atoms with Gasteiger partial charge in [0.1, 0.15) is 5.65 Å². The average Bonchev–Trinajstić information content (AvgIpc) is 3.28. The summed E-state index contributed by atoms with van der Waals surface area (Å²) in [4.78, 5) is 24.1. The summed E-state index contributed by atoms with van der Waals surface area (Å²) in [5.41, 5.74) is 3.44. The number of ether oxygens (including phenoxy) is 1. The smallest absolute Gasteiger partial charge is 0.165 e. The Labute approximate surface area is 149 Å². The number of hydrogen-bond donors (Lipinski definition) is 1. The first-order chi connectivity index (χ1) is 12.7. The van der Waals surface area contributed by atoms with Gasteiger partial charge in [-0.25, -0.2) is 19.9 Å². The Kier molecular flexibility index (Phi) is 3.39. The van der Waals surface area contributed by atoms with E-state index in [4.69, 9.17) is 14.7 Å². The molecule has 4 aromatic rings. The first-order valence-electron chi connectivity index (χ1n) is 8.68. The van der Waals surface area contributed by atoms with Gasteiger partial charge in [-0.3, -0.25) is 0 Å². The Morgan fingerprint density at radius 2 is 2.15 bits per heavy atom. The van der Waals surface area contributed by atoms with Gasteiger partial charge in [0.25, 0.3) is 0 Å². The topological polar surface area (TPSA) is 84.8 Å². The second-order valence-corrected chi connectivity index (χ2v) is 6.61. The molecule has 1 atom stereocenters. The summed E-state index contributed by atoms with van der Waals surface area (Å²) < 4.78 is 7.52. The van der Waals surface area contributed by atoms with E-state index in [9.17, 15) is 0 Å². The number of imidazole rings is 1. The zero-order valence-corrected chi connectivity index (χ0v) is 14.7. The lowest BCUT2D eigenvalue weighted by atomic mass is 10.1. The maximum atomic E-state index is 5.59. The third kappa shape index (κ3) is 2.26. The maximum absolute atomic E-state index is 5.59. The summed E-state index contributed by atoms with van der Waals surface area (Å²) in [6, 6.07) is 4.20. The molecule has 0 saturated carbocycles. The van der Waals surface area contributed by atoms with Crippen molar-refractivity contribution < 1.29 is 4.74 Å². The van der Waals surface area contributed by atoms with Gasteiger partial charge < -0.3 is 19.2 Å². The van der Waals surface area contributed by atoms with Crippen LogP contribution in [-0.2, 0) is 11.8 Å². The second kappa shape index (κ2) is 5.77. The van der Waals surface area contributed by atoms with Crippen LogP contribution in [0, 0.1) is 0 Å². The summed E-state index contributed by atoms with van der Waals surface area (Å²) in [6.07, 6.45) is 5.45. The zero-order chi connectivity index (χ0) is 17.7. The van der Waals surface area contributed by atoms with Gasteiger partial charge in [0.15, 0.2) is 22.8 Å². The van der Waals surface area contributed by atoms with Crippen LogP contribution in [0.15, 0.2) is 30.9 Å². The monoisotopic (exact) mass is 349 g/mol. The number of rotatable bonds is 2. The minimum absolute atomic E-state index is 0.237. The number of morpholine rings is 1. The first-order valence-corrected chi connectivity index (χ1v) is 8.68. The molecule has 1 fully saturated rings. The standard InChI is InChI=1S/C18H19N7O/c1-11-9-26-8-7-25(11)18-14-17(24(2)10-21-14)22-16(23-18)13-4-6-20-15-12(13)3-5-19-15/h3-6,10-11H,7-9H2,1-2H3,(H,19,20)/t11-/m1/s1. The summed E-state index contributed by atoms with van der Waals surface area (Å²) in [5, 5.41) is 1.01. The van der Waals surface area contributed by atoms with Crippen molar-refractivity contribution in [3.63, 3.8) is 0 Å². The number of anilines is 1. The van der Waals surface area contributed by atoms with E-state index in [-0.39, 0.29) is 6.04 Å². The van der Waals surface area contributed by atoms with Crippen LogP contribution in [0.25, 0.3) is 33.6 Å². The van der Waals surface area contributed by atoms with Gasteiger partial charge in [-0.2, -0.15) is 0 Å². The van der Waals surface area contributed by atoms with Crippen molar-refractivity contribution in [2.45, 2.75) is 13.0 Å². The number of fused-ring (bicyclic) bond motifs is 2. The number of hydrogen-bond acceptors (Lipinski definition) is 6. The summed E-state index contributed by atoms with van der Waals surface area (Å²) in [6.45, 7) is 4.31. The van der Waals surface area contributed by atoms with E-state index in [2.05, 4.69) is 26.8 Å². The fraction of sp³-hybridized carbons (Fsp3) is 0.333. The van der Waals surface area contributed by atoms with Crippen molar-refractivity contribution >= 4 is 28.0 Å². The molecule has 8 nitrogen and oxygen atoms in total. The number of nitrogens with one attached hydrogen (secondary N) is 1. The van der Waals surface area contributed by atoms with Crippen LogP contribution in [0.2, 0.25) is 0 Å². The van der Waals surface area contributed by atoms with Gasteiger partial charge >= 0.3 is 0 Å². The van der Waals surface area contributed by atoms with Crippen LogP contribution in [0.5, 0.6) is 0 Å². The molecule has 0 unspecified atom stereocenters. The molecular weight excluding hydrogens is 330 g/mol. The van der Waals surface area contributed by atoms with Gasteiger partial charge in [-0.1, -0.05) is 0 Å². The van der Waals surface area contributed by atoms with E-state index in [0.29, 0.717) is 19.0 Å². The molecule has 26 heavy (non-hydrogen) atoms. The lowest BCUT2D eigenvalue weighted by molar-refractivity contribution is 0.0987. The molecule has 1 saturated heterocycles. The van der Waals surface area contributed by atoms with Crippen molar-refractivity contribution in [2.24, 2.45) is 7.05 Å². The lowest BCUT2D eigenvalue weighted by Crippen LogP contribution is -2.44. The molecule has 8 heteroatoms. The highest BCUT2D eigenvalue weighted by molar-refractivity contribution is 5.93. The van der Waals surface area contributed by atoms with E-state index in [1.807, 2.05) is 29.9 Å². The van der Waals surface area contributed by atoms with E-state index < -0.39 is 0 Å². The molecular formula is C18H19N7O. The molecule has 0 aromatic carbocycles. The average molecular weight is 349 g/mol. The Balaban J connectivity index is 1.76. The van der Waals surface area contributed by atoms with Gasteiger partial charge in [-0.15, -0.1) is 0 Å². The molecule has 0 amide bonds. The van der Waals surface area contributed by atoms with Crippen molar-refractivity contribution in [2.75, 3.05) is 24.7 Å². The Morgan fingerprint density at radius 1 is 1.23 bits per heavy atom. The van der Waals surface area contributed by atoms with Crippen LogP contribution in [0.4, 0.5) is 5.82 Å². The Bertz CT molecular complexity index is 1100. The predicted octanol–water partition coefficient (Wildman–Crippen LogP) is 2.13. The number of aromatic amines is 1. The lowest BCUT2D eigenvalue weighted by Gasteiger charge is -2.34. The van der Waals surface area contributed by atoms with Crippen LogP contribution in [-0.4, -0.2) is 55.3 Å². The summed E-state index contributed by atoms with van der Waals surface area (Å²) in [7, 11) is 1.96. The molecule has 0 aliphatic carbocycles. The quantitative estimate of drug-likeness (QED) is 0.597. The second-order valence-electron chi connectivity index (χ2n) is 6.61. The molecule has 1 N–H and O–H groups in total. The van der Waals surface area contributed by atoms with Crippen LogP contribution in [0.3, 0.4) is 0 Å². The minimum atomic E-state index is 0.237. The molecule has 0 bridgehead atoms. The predicted molar refractivity (Wildman–Crippen MR) is 99.0 cm³/mol. The van der Waals surface area contributed by atoms with Crippen LogP contribution < -0.4 is 4.90 Å². The van der Waals surface area contributed by atoms with E-state index in [1.54, 1.807) is 12.5 Å². The highest BCUT2D eigenvalue weighted by atomic mass is 16.5. The first kappa shape index (κ1) is 15.3. The third-order valence-corrected chi connectivity index (χ3v) is 4.88. The van der Waals surface area contributed by atoms with Crippen molar-refractivity contribution in [3.8, 4) is 11.4 Å². The molecule has 5 rings (SSSR count). The highest BCUT2D eigenvalue weighted by Crippen LogP contribution is 2.31. The van der Waals surface area contributed by atoms with E-state index in [1.165, 1.54) is 0 Å². The number of aromatic nitrogens is 6. The molecule has 5 heterocycles. The van der Waals surface area contributed by atoms with E-state index in [0.717, 1.165) is 40.1 Å². The number of nitrogens with zero attached hydrogens (tertiary/aromatic N) is 6. The Hall–Kier alpha value is -3.00. The number of aryl methyl sites for hydroxylation is 1. The molecule has 1 aliphatic rings. The van der Waals surface area contributed by atoms with Gasteiger partial charge in [0.2, 0.25) is 0 Å². The van der Waals surface area contributed by atoms with Gasteiger partial charge in [0, 0.05) is 36.9 Å². The van der Waals surface area contributed by atoms with Gasteiger partial charge in [-0.05, 0) is 19.1 Å². The summed E-state index contributed by atoms with van der Waals surface area (Å²) >= 11 is 0. The molecule has 0 radical (unpaired) electrons. The number of H-pyrrole nitrogens is 1. The van der Waals surface area contributed by atoms with Crippen molar-refractivity contribution in [1.82, 2.24) is 29.5 Å². The minimum Gasteiger partial charge on any atom is -0.377 e. The molecule has 132 valence electrons. The summed E-state index contributed by atoms with van der Waals surface area (Å²) in [5.74, 6) is 1.55. The third-order valence-electron chi connectivity index (χ3n) is 4.88. The van der Waals surface area contributed by atoms with Crippen molar-refractivity contribution in [3.05, 3.63) is 30.9 Å². The number of pyridine rings is 1. The molecule has 1 aliphatic heterocycles. The van der Waals surface area contributed by atoms with Crippen LogP contribution >= 0.6 is 0 Å². The highest BCUT2D eigenvalue weighted by Gasteiger charge is 2.25.